The Morgan fingerprint density at radius 2 is 2.06 bits per heavy atom. The molecule has 0 fully saturated rings. The fourth-order valence-corrected chi connectivity index (χ4v) is 2.56. The summed E-state index contributed by atoms with van der Waals surface area (Å²) < 4.78 is 39.2. The number of sulfonamides is 1. The minimum absolute atomic E-state index is 0.0868. The lowest BCUT2D eigenvalue weighted by Gasteiger charge is -2.11. The van der Waals surface area contributed by atoms with Gasteiger partial charge in [-0.25, -0.2) is 17.5 Å². The smallest absolute Gasteiger partial charge is 0.245 e. The lowest BCUT2D eigenvalue weighted by molar-refractivity contribution is 0.544. The Balaban J connectivity index is 3.08. The van der Waals surface area contributed by atoms with Crippen molar-refractivity contribution in [2.45, 2.75) is 18.7 Å². The first kappa shape index (κ1) is 12.9. The van der Waals surface area contributed by atoms with E-state index in [1.54, 1.807) is 0 Å². The molecule has 1 aromatic carbocycles. The summed E-state index contributed by atoms with van der Waals surface area (Å²) in [6.45, 7) is 3.95. The maximum absolute atomic E-state index is 13.4. The van der Waals surface area contributed by atoms with Crippen LogP contribution < -0.4 is 10.5 Å². The predicted molar refractivity (Wildman–Crippen MR) is 60.8 cm³/mol. The third-order valence-electron chi connectivity index (χ3n) is 1.95. The molecule has 0 aliphatic rings. The van der Waals surface area contributed by atoms with Crippen molar-refractivity contribution in [3.63, 3.8) is 0 Å². The molecule has 0 amide bonds. The van der Waals surface area contributed by atoms with E-state index in [4.69, 9.17) is 5.73 Å². The van der Waals surface area contributed by atoms with Crippen LogP contribution in [-0.4, -0.2) is 15.0 Å². The Morgan fingerprint density at radius 3 is 2.56 bits per heavy atom. The molecule has 6 heteroatoms. The van der Waals surface area contributed by atoms with E-state index >= 15 is 0 Å². The average Bonchev–Trinajstić information content (AvgIpc) is 2.14. The van der Waals surface area contributed by atoms with Crippen LogP contribution in [0.15, 0.2) is 23.1 Å². The van der Waals surface area contributed by atoms with Gasteiger partial charge in [0.15, 0.2) is 0 Å². The quantitative estimate of drug-likeness (QED) is 0.787. The maximum Gasteiger partial charge on any atom is 0.245 e. The summed E-state index contributed by atoms with van der Waals surface area (Å²) in [5.41, 5.74) is 5.37. The van der Waals surface area contributed by atoms with Crippen molar-refractivity contribution in [2.24, 2.45) is 5.92 Å². The molecule has 0 spiro atoms. The Labute approximate surface area is 94.7 Å². The van der Waals surface area contributed by atoms with E-state index in [0.29, 0.717) is 0 Å². The average molecular weight is 246 g/mol. The zero-order valence-corrected chi connectivity index (χ0v) is 10.0. The third-order valence-corrected chi connectivity index (χ3v) is 3.46. The van der Waals surface area contributed by atoms with Gasteiger partial charge in [0.2, 0.25) is 10.0 Å². The Morgan fingerprint density at radius 1 is 1.44 bits per heavy atom. The molecule has 3 N–H and O–H groups in total. The molecule has 0 unspecified atom stereocenters. The molecule has 0 atom stereocenters. The highest BCUT2D eigenvalue weighted by molar-refractivity contribution is 7.89. The number of rotatable bonds is 4. The first-order valence-electron chi connectivity index (χ1n) is 4.88. The molecule has 4 nitrogen and oxygen atoms in total. The first-order valence-corrected chi connectivity index (χ1v) is 6.36. The van der Waals surface area contributed by atoms with Gasteiger partial charge < -0.3 is 5.73 Å². The van der Waals surface area contributed by atoms with Crippen molar-refractivity contribution in [2.75, 3.05) is 12.3 Å². The third kappa shape index (κ3) is 2.93. The van der Waals surface area contributed by atoms with Gasteiger partial charge in [-0.15, -0.1) is 0 Å². The summed E-state index contributed by atoms with van der Waals surface area (Å²) in [4.78, 5) is -0.476. The van der Waals surface area contributed by atoms with Crippen LogP contribution in [0.4, 0.5) is 10.1 Å². The van der Waals surface area contributed by atoms with Crippen molar-refractivity contribution in [1.82, 2.24) is 4.72 Å². The molecule has 1 rings (SSSR count). The minimum Gasteiger partial charge on any atom is -0.398 e. The van der Waals surface area contributed by atoms with Gasteiger partial charge in [0.1, 0.15) is 10.7 Å². The van der Waals surface area contributed by atoms with E-state index in [1.807, 2.05) is 13.8 Å². The number of nitrogens with two attached hydrogens (primary N) is 1. The molecule has 0 heterocycles. The zero-order valence-electron chi connectivity index (χ0n) is 9.20. The van der Waals surface area contributed by atoms with Crippen LogP contribution >= 0.6 is 0 Å². The van der Waals surface area contributed by atoms with Crippen LogP contribution in [0.3, 0.4) is 0 Å². The number of halogens is 1. The molecule has 1 aromatic rings. The monoisotopic (exact) mass is 246 g/mol. The Kier molecular flexibility index (Phi) is 3.88. The zero-order chi connectivity index (χ0) is 12.3. The highest BCUT2D eigenvalue weighted by Crippen LogP contribution is 2.21. The number of anilines is 1. The molecular formula is C10H15FN2O2S. The number of hydrogen-bond donors (Lipinski definition) is 2. The van der Waals surface area contributed by atoms with E-state index < -0.39 is 20.7 Å². The van der Waals surface area contributed by atoms with Crippen molar-refractivity contribution >= 4 is 15.7 Å². The fraction of sp³-hybridized carbons (Fsp3) is 0.400. The van der Waals surface area contributed by atoms with Crippen LogP contribution in [0.5, 0.6) is 0 Å². The van der Waals surface area contributed by atoms with E-state index in [2.05, 4.69) is 4.72 Å². The van der Waals surface area contributed by atoms with Crippen molar-refractivity contribution < 1.29 is 12.8 Å². The molecule has 0 saturated carbocycles. The second-order valence-corrected chi connectivity index (χ2v) is 5.61. The van der Waals surface area contributed by atoms with Crippen LogP contribution in [0, 0.1) is 11.7 Å². The summed E-state index contributed by atoms with van der Waals surface area (Å²) in [6.07, 6.45) is 0. The van der Waals surface area contributed by atoms with Crippen LogP contribution in [0.1, 0.15) is 13.8 Å². The van der Waals surface area contributed by atoms with Gasteiger partial charge in [-0.1, -0.05) is 19.9 Å². The van der Waals surface area contributed by atoms with Crippen LogP contribution in [0.25, 0.3) is 0 Å². The molecule has 0 radical (unpaired) electrons. The lowest BCUT2D eigenvalue weighted by atomic mass is 10.2. The maximum atomic E-state index is 13.4. The molecular weight excluding hydrogens is 231 g/mol. The fourth-order valence-electron chi connectivity index (χ4n) is 1.16. The minimum atomic E-state index is -3.87. The van der Waals surface area contributed by atoms with E-state index in [-0.39, 0.29) is 18.2 Å². The summed E-state index contributed by atoms with van der Waals surface area (Å²) in [6, 6.07) is 3.79. The van der Waals surface area contributed by atoms with Crippen molar-refractivity contribution in [3.8, 4) is 0 Å². The van der Waals surface area contributed by atoms with Gasteiger partial charge in [-0.3, -0.25) is 0 Å². The van der Waals surface area contributed by atoms with E-state index in [0.717, 1.165) is 6.07 Å². The Hall–Kier alpha value is -1.14. The van der Waals surface area contributed by atoms with E-state index in [9.17, 15) is 12.8 Å². The van der Waals surface area contributed by atoms with E-state index in [1.165, 1.54) is 12.1 Å². The molecule has 16 heavy (non-hydrogen) atoms. The SMILES string of the molecule is CC(C)CNS(=O)(=O)c1c(N)cccc1F. The molecule has 0 aromatic heterocycles. The summed E-state index contributed by atoms with van der Waals surface area (Å²) in [5, 5.41) is 0. The standard InChI is InChI=1S/C10H15FN2O2S/c1-7(2)6-13-16(14,15)10-8(11)4-3-5-9(10)12/h3-5,7,13H,6,12H2,1-2H3. The Bertz CT molecular complexity index is 451. The predicted octanol–water partition coefficient (Wildman–Crippen LogP) is 1.34. The van der Waals surface area contributed by atoms with Gasteiger partial charge in [0.25, 0.3) is 0 Å². The van der Waals surface area contributed by atoms with Gasteiger partial charge in [-0.2, -0.15) is 0 Å². The highest BCUT2D eigenvalue weighted by atomic mass is 32.2. The molecule has 0 saturated heterocycles. The normalized spacial score (nSPS) is 12.0. The number of hydrogen-bond acceptors (Lipinski definition) is 3. The van der Waals surface area contributed by atoms with Gasteiger partial charge in [0, 0.05) is 6.54 Å². The largest absolute Gasteiger partial charge is 0.398 e. The van der Waals surface area contributed by atoms with Crippen molar-refractivity contribution in [3.05, 3.63) is 24.0 Å². The summed E-state index contributed by atoms with van der Waals surface area (Å²) in [5.74, 6) is -0.695. The second-order valence-electron chi connectivity index (χ2n) is 3.90. The number of benzene rings is 1. The molecule has 0 aliphatic heterocycles. The lowest BCUT2D eigenvalue weighted by Crippen LogP contribution is -2.29. The van der Waals surface area contributed by atoms with Crippen molar-refractivity contribution in [1.29, 1.82) is 0 Å². The number of nitrogens with one attached hydrogen (secondary N) is 1. The van der Waals surface area contributed by atoms with Gasteiger partial charge >= 0.3 is 0 Å². The molecule has 90 valence electrons. The highest BCUT2D eigenvalue weighted by Gasteiger charge is 2.21. The second kappa shape index (κ2) is 4.80. The molecule has 0 bridgehead atoms. The molecule has 0 aliphatic carbocycles. The summed E-state index contributed by atoms with van der Waals surface area (Å²) in [7, 11) is -3.87. The van der Waals surface area contributed by atoms with Crippen LogP contribution in [-0.2, 0) is 10.0 Å². The number of nitrogen functional groups attached to an aromatic ring is 1. The summed E-state index contributed by atoms with van der Waals surface area (Å²) >= 11 is 0. The van der Waals surface area contributed by atoms with Gasteiger partial charge in [0.05, 0.1) is 5.69 Å². The topological polar surface area (TPSA) is 72.2 Å². The van der Waals surface area contributed by atoms with Crippen LogP contribution in [0.2, 0.25) is 0 Å². The first-order chi connectivity index (χ1) is 7.34. The van der Waals surface area contributed by atoms with Gasteiger partial charge in [-0.05, 0) is 18.1 Å².